The fraction of sp³-hybridized carbons (Fsp3) is 0.647. The Labute approximate surface area is 140 Å². The van der Waals surface area contributed by atoms with Crippen molar-refractivity contribution in [2.75, 3.05) is 24.6 Å². The predicted octanol–water partition coefficient (Wildman–Crippen LogP) is 2.85. The van der Waals surface area contributed by atoms with Crippen LogP contribution >= 0.6 is 0 Å². The average molecular weight is 339 g/mol. The number of alkyl halides is 2. The zero-order valence-electron chi connectivity index (χ0n) is 14.2. The zero-order valence-corrected chi connectivity index (χ0v) is 14.2. The number of halogens is 2. The van der Waals surface area contributed by atoms with Crippen molar-refractivity contribution in [1.82, 2.24) is 10.3 Å². The van der Waals surface area contributed by atoms with Gasteiger partial charge in [-0.1, -0.05) is 0 Å². The number of rotatable bonds is 5. The molecule has 0 aromatic carbocycles. The molecule has 0 unspecified atom stereocenters. The fourth-order valence-electron chi connectivity index (χ4n) is 2.47. The second kappa shape index (κ2) is 5.86. The average Bonchev–Trinajstić information content (AvgIpc) is 3.24. The number of carbonyl (C=O) groups excluding carboxylic acids is 1. The molecule has 0 bridgehead atoms. The number of pyridine rings is 1. The Morgan fingerprint density at radius 2 is 2.08 bits per heavy atom. The van der Waals surface area contributed by atoms with Crippen molar-refractivity contribution in [2.24, 2.45) is 5.92 Å². The molecule has 3 rings (SSSR count). The summed E-state index contributed by atoms with van der Waals surface area (Å²) in [6.45, 7) is 5.51. The highest BCUT2D eigenvalue weighted by Gasteiger charge is 2.44. The summed E-state index contributed by atoms with van der Waals surface area (Å²) >= 11 is 0. The molecule has 1 aliphatic carbocycles. The van der Waals surface area contributed by atoms with Crippen molar-refractivity contribution in [1.29, 1.82) is 0 Å². The van der Waals surface area contributed by atoms with Crippen LogP contribution in [0.5, 0.6) is 5.75 Å². The maximum atomic E-state index is 13.1. The minimum Gasteiger partial charge on any atom is -0.491 e. The molecule has 0 radical (unpaired) electrons. The summed E-state index contributed by atoms with van der Waals surface area (Å²) in [4.78, 5) is 18.1. The molecule has 1 aromatic heterocycles. The van der Waals surface area contributed by atoms with Crippen LogP contribution in [0.15, 0.2) is 12.3 Å². The van der Waals surface area contributed by atoms with E-state index in [1.807, 2.05) is 20.8 Å². The first-order valence-corrected chi connectivity index (χ1v) is 8.21. The summed E-state index contributed by atoms with van der Waals surface area (Å²) in [5.41, 5.74) is 0.353. The Morgan fingerprint density at radius 3 is 2.62 bits per heavy atom. The van der Waals surface area contributed by atoms with Crippen LogP contribution in [-0.4, -0.2) is 42.0 Å². The molecule has 0 atom stereocenters. The summed E-state index contributed by atoms with van der Waals surface area (Å²) in [5.74, 6) is -2.11. The Bertz CT molecular complexity index is 631. The second-order valence-corrected chi connectivity index (χ2v) is 7.71. The number of ether oxygens (including phenoxy) is 1. The van der Waals surface area contributed by atoms with Gasteiger partial charge in [0.15, 0.2) is 11.4 Å². The van der Waals surface area contributed by atoms with Crippen molar-refractivity contribution in [2.45, 2.75) is 45.1 Å². The maximum absolute atomic E-state index is 13.1. The number of nitrogens with one attached hydrogen (secondary N) is 1. The van der Waals surface area contributed by atoms with Gasteiger partial charge in [0, 0.05) is 11.6 Å². The lowest BCUT2D eigenvalue weighted by Gasteiger charge is -2.40. The molecule has 24 heavy (non-hydrogen) atoms. The van der Waals surface area contributed by atoms with Gasteiger partial charge < -0.3 is 15.0 Å². The van der Waals surface area contributed by atoms with E-state index >= 15 is 0 Å². The minimum absolute atomic E-state index is 0.196. The van der Waals surface area contributed by atoms with Crippen LogP contribution in [0, 0.1) is 5.92 Å². The van der Waals surface area contributed by atoms with Gasteiger partial charge in [-0.25, -0.2) is 13.8 Å². The van der Waals surface area contributed by atoms with Gasteiger partial charge in [-0.3, -0.25) is 4.79 Å². The number of anilines is 1. The van der Waals surface area contributed by atoms with Crippen LogP contribution in [0.25, 0.3) is 0 Å². The lowest BCUT2D eigenvalue weighted by Crippen LogP contribution is -2.56. The smallest absolute Gasteiger partial charge is 0.282 e. The Balaban J connectivity index is 1.79. The van der Waals surface area contributed by atoms with Gasteiger partial charge in [-0.05, 0) is 39.5 Å². The van der Waals surface area contributed by atoms with Gasteiger partial charge in [0.2, 0.25) is 0 Å². The molecule has 1 aromatic rings. The highest BCUT2D eigenvalue weighted by Crippen LogP contribution is 2.35. The number of nitrogens with zero attached hydrogens (tertiary/aromatic N) is 2. The first-order valence-electron chi connectivity index (χ1n) is 8.21. The summed E-state index contributed by atoms with van der Waals surface area (Å²) in [5, 5.41) is 2.85. The molecule has 2 aliphatic rings. The van der Waals surface area contributed by atoms with Crippen molar-refractivity contribution in [3.63, 3.8) is 0 Å². The predicted molar refractivity (Wildman–Crippen MR) is 86.8 cm³/mol. The Hall–Kier alpha value is -1.92. The third-order valence-corrected chi connectivity index (χ3v) is 3.92. The lowest BCUT2D eigenvalue weighted by molar-refractivity contribution is -0.0263. The van der Waals surface area contributed by atoms with E-state index in [0.29, 0.717) is 24.0 Å². The molecule has 2 fully saturated rings. The van der Waals surface area contributed by atoms with Gasteiger partial charge in [0.1, 0.15) is 0 Å². The monoisotopic (exact) mass is 339 g/mol. The summed E-state index contributed by atoms with van der Waals surface area (Å²) in [6, 6.07) is 1.64. The number of carbonyl (C=O) groups is 1. The van der Waals surface area contributed by atoms with E-state index < -0.39 is 11.5 Å². The minimum atomic E-state index is -2.66. The standard InChI is InChI=1S/C17H23F2N3O2/c1-16(2,3)21-15(23)14-13(24-8-11-4-5-11)6-12(7-20-14)22-9-17(18,19)10-22/h6-7,11H,4-5,8-10H2,1-3H3,(H,21,23). The molecular formula is C17H23F2N3O2. The van der Waals surface area contributed by atoms with Crippen LogP contribution in [0.4, 0.5) is 14.5 Å². The molecular weight excluding hydrogens is 316 g/mol. The summed E-state index contributed by atoms with van der Waals surface area (Å²) < 4.78 is 31.9. The molecule has 1 aliphatic heterocycles. The maximum Gasteiger partial charge on any atom is 0.282 e. The fourth-order valence-corrected chi connectivity index (χ4v) is 2.47. The first kappa shape index (κ1) is 16.9. The van der Waals surface area contributed by atoms with E-state index in [0.717, 1.165) is 12.8 Å². The molecule has 2 heterocycles. The van der Waals surface area contributed by atoms with E-state index in [-0.39, 0.29) is 24.7 Å². The summed E-state index contributed by atoms with van der Waals surface area (Å²) in [6.07, 6.45) is 3.70. The van der Waals surface area contributed by atoms with E-state index in [2.05, 4.69) is 10.3 Å². The van der Waals surface area contributed by atoms with Crippen molar-refractivity contribution in [3.8, 4) is 5.75 Å². The van der Waals surface area contributed by atoms with Crippen molar-refractivity contribution in [3.05, 3.63) is 18.0 Å². The Morgan fingerprint density at radius 1 is 1.42 bits per heavy atom. The quantitative estimate of drug-likeness (QED) is 0.896. The van der Waals surface area contributed by atoms with Crippen molar-refractivity contribution < 1.29 is 18.3 Å². The molecule has 132 valence electrons. The second-order valence-electron chi connectivity index (χ2n) is 7.71. The largest absolute Gasteiger partial charge is 0.491 e. The third kappa shape index (κ3) is 4.13. The molecule has 1 saturated carbocycles. The van der Waals surface area contributed by atoms with Crippen LogP contribution in [0.3, 0.4) is 0 Å². The molecule has 7 heteroatoms. The number of hydrogen-bond acceptors (Lipinski definition) is 4. The molecule has 5 nitrogen and oxygen atoms in total. The molecule has 1 N–H and O–H groups in total. The number of aromatic nitrogens is 1. The van der Waals surface area contributed by atoms with Crippen LogP contribution in [0.2, 0.25) is 0 Å². The van der Waals surface area contributed by atoms with E-state index in [4.69, 9.17) is 4.74 Å². The third-order valence-electron chi connectivity index (χ3n) is 3.92. The van der Waals surface area contributed by atoms with Crippen LogP contribution in [-0.2, 0) is 0 Å². The molecule has 1 saturated heterocycles. The highest BCUT2D eigenvalue weighted by molar-refractivity contribution is 5.95. The van der Waals surface area contributed by atoms with Gasteiger partial charge in [0.25, 0.3) is 11.8 Å². The SMILES string of the molecule is CC(C)(C)NC(=O)c1ncc(N2CC(F)(F)C2)cc1OCC1CC1. The Kier molecular flexibility index (Phi) is 4.13. The zero-order chi connectivity index (χ0) is 17.5. The van der Waals surface area contributed by atoms with Gasteiger partial charge in [0.05, 0.1) is 31.6 Å². The van der Waals surface area contributed by atoms with Crippen LogP contribution in [0.1, 0.15) is 44.1 Å². The first-order chi connectivity index (χ1) is 11.1. The lowest BCUT2D eigenvalue weighted by atomic mass is 10.1. The van der Waals surface area contributed by atoms with Gasteiger partial charge >= 0.3 is 0 Å². The van der Waals surface area contributed by atoms with Gasteiger partial charge in [-0.15, -0.1) is 0 Å². The van der Waals surface area contributed by atoms with Crippen LogP contribution < -0.4 is 15.0 Å². The highest BCUT2D eigenvalue weighted by atomic mass is 19.3. The van der Waals surface area contributed by atoms with Gasteiger partial charge in [-0.2, -0.15) is 0 Å². The number of amides is 1. The topological polar surface area (TPSA) is 54.5 Å². The summed E-state index contributed by atoms with van der Waals surface area (Å²) in [7, 11) is 0. The van der Waals surface area contributed by atoms with E-state index in [1.165, 1.54) is 11.1 Å². The molecule has 0 spiro atoms. The van der Waals surface area contributed by atoms with E-state index in [9.17, 15) is 13.6 Å². The van der Waals surface area contributed by atoms with Crippen molar-refractivity contribution >= 4 is 11.6 Å². The van der Waals surface area contributed by atoms with E-state index in [1.54, 1.807) is 6.07 Å². The normalized spacial score (nSPS) is 19.6. The molecule has 1 amide bonds. The number of hydrogen-bond donors (Lipinski definition) is 1.